The van der Waals surface area contributed by atoms with Gasteiger partial charge < -0.3 is 15.2 Å². The molecule has 0 aromatic carbocycles. The van der Waals surface area contributed by atoms with Crippen molar-refractivity contribution in [3.05, 3.63) is 24.1 Å². The fourth-order valence-corrected chi connectivity index (χ4v) is 2.68. The number of rotatable bonds is 7. The molecule has 0 aliphatic carbocycles. The average molecular weight is 347 g/mol. The summed E-state index contributed by atoms with van der Waals surface area (Å²) in [6.07, 6.45) is 2.07. The zero-order valence-electron chi connectivity index (χ0n) is 15.3. The second kappa shape index (κ2) is 7.50. The van der Waals surface area contributed by atoms with Gasteiger partial charge in [-0.2, -0.15) is 5.10 Å². The molecular formula is C17H25N5O3. The van der Waals surface area contributed by atoms with Gasteiger partial charge in [-0.3, -0.25) is 14.3 Å². The summed E-state index contributed by atoms with van der Waals surface area (Å²) in [6, 6.07) is 3.39. The molecule has 2 amide bonds. The van der Waals surface area contributed by atoms with E-state index < -0.39 is 5.41 Å². The molecule has 25 heavy (non-hydrogen) atoms. The minimum absolute atomic E-state index is 0.0683. The third-order valence-corrected chi connectivity index (χ3v) is 3.74. The normalized spacial score (nSPS) is 11.6. The van der Waals surface area contributed by atoms with Crippen molar-refractivity contribution in [2.24, 2.45) is 13.0 Å². The Kier molecular flexibility index (Phi) is 5.61. The van der Waals surface area contributed by atoms with Gasteiger partial charge in [-0.25, -0.2) is 0 Å². The highest BCUT2D eigenvalue weighted by molar-refractivity contribution is 5.91. The first-order valence-electron chi connectivity index (χ1n) is 8.22. The van der Waals surface area contributed by atoms with Gasteiger partial charge >= 0.3 is 0 Å². The van der Waals surface area contributed by atoms with Crippen LogP contribution in [0.2, 0.25) is 0 Å². The minimum Gasteiger partial charge on any atom is -0.363 e. The monoisotopic (exact) mass is 347 g/mol. The summed E-state index contributed by atoms with van der Waals surface area (Å²) < 4.78 is 6.39. The number of aromatic nitrogens is 3. The molecule has 0 saturated heterocycles. The summed E-state index contributed by atoms with van der Waals surface area (Å²) in [5.74, 6) is 0.909. The lowest BCUT2D eigenvalue weighted by molar-refractivity contribution is -0.118. The molecule has 2 heterocycles. The van der Waals surface area contributed by atoms with E-state index in [0.29, 0.717) is 18.1 Å². The summed E-state index contributed by atoms with van der Waals surface area (Å²) in [4.78, 5) is 24.1. The molecule has 136 valence electrons. The number of nitrogens with one attached hydrogen (secondary N) is 2. The summed E-state index contributed by atoms with van der Waals surface area (Å²) in [7, 11) is 1.80. The van der Waals surface area contributed by atoms with Crippen LogP contribution in [0.15, 0.2) is 22.9 Å². The molecule has 8 heteroatoms. The summed E-state index contributed by atoms with van der Waals surface area (Å²) in [5.41, 5.74) is 0.374. The molecule has 2 rings (SSSR count). The molecule has 0 bridgehead atoms. The Balaban J connectivity index is 2.05. The van der Waals surface area contributed by atoms with Crippen LogP contribution in [0.25, 0.3) is 0 Å². The van der Waals surface area contributed by atoms with Crippen LogP contribution in [0.4, 0.5) is 11.6 Å². The number of carbonyl (C=O) groups is 2. The molecule has 8 nitrogen and oxygen atoms in total. The van der Waals surface area contributed by atoms with Crippen molar-refractivity contribution >= 4 is 23.5 Å². The number of amides is 2. The summed E-state index contributed by atoms with van der Waals surface area (Å²) >= 11 is 0. The van der Waals surface area contributed by atoms with Crippen LogP contribution in [0, 0.1) is 5.92 Å². The Morgan fingerprint density at radius 2 is 1.92 bits per heavy atom. The molecular weight excluding hydrogens is 322 g/mol. The van der Waals surface area contributed by atoms with Gasteiger partial charge in [0, 0.05) is 43.1 Å². The van der Waals surface area contributed by atoms with Gasteiger partial charge in [-0.15, -0.1) is 0 Å². The van der Waals surface area contributed by atoms with Crippen molar-refractivity contribution in [1.82, 2.24) is 14.9 Å². The lowest BCUT2D eigenvalue weighted by Crippen LogP contribution is -2.28. The van der Waals surface area contributed by atoms with E-state index in [1.807, 2.05) is 33.8 Å². The highest BCUT2D eigenvalue weighted by atomic mass is 16.5. The maximum Gasteiger partial charge on any atom is 0.226 e. The molecule has 2 aromatic rings. The summed E-state index contributed by atoms with van der Waals surface area (Å²) in [5, 5.41) is 13.5. The van der Waals surface area contributed by atoms with Crippen LogP contribution in [0.1, 0.15) is 46.2 Å². The third kappa shape index (κ3) is 5.17. The van der Waals surface area contributed by atoms with Gasteiger partial charge in [0.25, 0.3) is 0 Å². The van der Waals surface area contributed by atoms with Crippen molar-refractivity contribution in [2.45, 2.75) is 46.0 Å². The number of nitrogens with zero attached hydrogens (tertiary/aromatic N) is 3. The maximum atomic E-state index is 12.2. The van der Waals surface area contributed by atoms with Gasteiger partial charge in [0.15, 0.2) is 11.6 Å². The van der Waals surface area contributed by atoms with Crippen molar-refractivity contribution in [1.29, 1.82) is 0 Å². The molecule has 2 N–H and O–H groups in total. The molecule has 0 fully saturated rings. The Hall–Kier alpha value is -2.64. The van der Waals surface area contributed by atoms with E-state index in [9.17, 15) is 9.59 Å². The highest BCUT2D eigenvalue weighted by Gasteiger charge is 2.28. The standard InChI is InChI=1S/C17H25N5O3/c1-11(2)8-15(23)19-14-9-12(22(5)20-14)17(3,4)10-16(24)18-13-6-7-25-21-13/h6-7,9,11H,8,10H2,1-5H3,(H,18,21,24)(H,19,20,23). The number of hydrogen-bond donors (Lipinski definition) is 2. The molecule has 0 saturated carbocycles. The number of hydrogen-bond acceptors (Lipinski definition) is 5. The minimum atomic E-state index is -0.476. The van der Waals surface area contributed by atoms with Gasteiger partial charge in [-0.05, 0) is 5.92 Å². The molecule has 0 unspecified atom stereocenters. The first-order valence-corrected chi connectivity index (χ1v) is 8.22. The average Bonchev–Trinajstić information content (AvgIpc) is 3.07. The Bertz CT molecular complexity index is 732. The van der Waals surface area contributed by atoms with E-state index in [4.69, 9.17) is 4.52 Å². The van der Waals surface area contributed by atoms with Gasteiger partial charge in [0.2, 0.25) is 11.8 Å². The van der Waals surface area contributed by atoms with Crippen LogP contribution in [0.3, 0.4) is 0 Å². The molecule has 0 spiro atoms. The van der Waals surface area contributed by atoms with Gasteiger partial charge in [0.05, 0.1) is 0 Å². The molecule has 0 atom stereocenters. The van der Waals surface area contributed by atoms with Crippen molar-refractivity contribution in [3.8, 4) is 0 Å². The number of carbonyl (C=O) groups excluding carboxylic acids is 2. The number of aryl methyl sites for hydroxylation is 1. The first kappa shape index (κ1) is 18.7. The van der Waals surface area contributed by atoms with Crippen molar-refractivity contribution in [3.63, 3.8) is 0 Å². The predicted molar refractivity (Wildman–Crippen MR) is 94.1 cm³/mol. The predicted octanol–water partition coefficient (Wildman–Crippen LogP) is 2.70. The van der Waals surface area contributed by atoms with Crippen molar-refractivity contribution < 1.29 is 14.1 Å². The first-order chi connectivity index (χ1) is 11.7. The van der Waals surface area contributed by atoms with E-state index >= 15 is 0 Å². The Morgan fingerprint density at radius 1 is 1.24 bits per heavy atom. The molecule has 0 radical (unpaired) electrons. The fraction of sp³-hybridized carbons (Fsp3) is 0.529. The maximum absolute atomic E-state index is 12.2. The zero-order valence-corrected chi connectivity index (χ0v) is 15.3. The Labute approximate surface area is 146 Å². The molecule has 0 aliphatic heterocycles. The second-order valence-corrected chi connectivity index (χ2v) is 7.18. The fourth-order valence-electron chi connectivity index (χ4n) is 2.68. The lowest BCUT2D eigenvalue weighted by atomic mass is 9.85. The van der Waals surface area contributed by atoms with Crippen molar-refractivity contribution in [2.75, 3.05) is 10.6 Å². The van der Waals surface area contributed by atoms with Crippen LogP contribution in [0.5, 0.6) is 0 Å². The van der Waals surface area contributed by atoms with Crippen LogP contribution < -0.4 is 10.6 Å². The topological polar surface area (TPSA) is 102 Å². The van der Waals surface area contributed by atoms with Crippen LogP contribution >= 0.6 is 0 Å². The van der Waals surface area contributed by atoms with E-state index in [1.165, 1.54) is 6.26 Å². The molecule has 2 aromatic heterocycles. The SMILES string of the molecule is CC(C)CC(=O)Nc1cc(C(C)(C)CC(=O)Nc2ccon2)n(C)n1. The highest BCUT2D eigenvalue weighted by Crippen LogP contribution is 2.29. The number of anilines is 2. The van der Waals surface area contributed by atoms with Gasteiger partial charge in [-0.1, -0.05) is 32.9 Å². The van der Waals surface area contributed by atoms with E-state index in [2.05, 4.69) is 20.9 Å². The largest absolute Gasteiger partial charge is 0.363 e. The van der Waals surface area contributed by atoms with E-state index in [1.54, 1.807) is 17.8 Å². The summed E-state index contributed by atoms with van der Waals surface area (Å²) in [6.45, 7) is 7.87. The third-order valence-electron chi connectivity index (χ3n) is 3.74. The Morgan fingerprint density at radius 3 is 2.52 bits per heavy atom. The lowest BCUT2D eigenvalue weighted by Gasteiger charge is -2.23. The van der Waals surface area contributed by atoms with E-state index in [-0.39, 0.29) is 24.2 Å². The van der Waals surface area contributed by atoms with Crippen LogP contribution in [-0.4, -0.2) is 26.8 Å². The second-order valence-electron chi connectivity index (χ2n) is 7.18. The smallest absolute Gasteiger partial charge is 0.226 e. The zero-order chi connectivity index (χ0) is 18.6. The van der Waals surface area contributed by atoms with Crippen LogP contribution in [-0.2, 0) is 22.1 Å². The quantitative estimate of drug-likeness (QED) is 0.802. The molecule has 0 aliphatic rings. The van der Waals surface area contributed by atoms with Gasteiger partial charge in [0.1, 0.15) is 6.26 Å². The van der Waals surface area contributed by atoms with E-state index in [0.717, 1.165) is 5.69 Å².